The molecule has 154 valence electrons. The molecule has 1 aromatic rings. The molecule has 2 aliphatic heterocycles. The maximum absolute atomic E-state index is 14.9. The van der Waals surface area contributed by atoms with Gasteiger partial charge in [0.1, 0.15) is 5.82 Å². The van der Waals surface area contributed by atoms with Crippen LogP contribution in [0.2, 0.25) is 0 Å². The van der Waals surface area contributed by atoms with Gasteiger partial charge < -0.3 is 14.6 Å². The van der Waals surface area contributed by atoms with Gasteiger partial charge in [0.05, 0.1) is 24.9 Å². The molecule has 0 unspecified atom stereocenters. The highest BCUT2D eigenvalue weighted by Gasteiger charge is 2.51. The van der Waals surface area contributed by atoms with Crippen LogP contribution in [-0.2, 0) is 15.0 Å². The van der Waals surface area contributed by atoms with E-state index in [4.69, 9.17) is 14.5 Å². The van der Waals surface area contributed by atoms with Crippen molar-refractivity contribution in [3.63, 3.8) is 0 Å². The van der Waals surface area contributed by atoms with Gasteiger partial charge in [-0.1, -0.05) is 30.0 Å². The van der Waals surface area contributed by atoms with E-state index in [1.807, 2.05) is 20.8 Å². The number of nitrogens with zero attached hydrogens (tertiary/aromatic N) is 2. The lowest BCUT2D eigenvalue weighted by molar-refractivity contribution is -0.0815. The lowest BCUT2D eigenvalue weighted by atomic mass is 9.73. The minimum Gasteiger partial charge on any atom is -0.465 e. The maximum Gasteiger partial charge on any atom is 0.413 e. The molecule has 2 heterocycles. The fraction of sp³-hybridized carbons (Fsp3) is 0.600. The number of carboxylic acid groups (broad SMARTS) is 1. The predicted molar refractivity (Wildman–Crippen MR) is 107 cm³/mol. The van der Waals surface area contributed by atoms with Gasteiger partial charge in [-0.25, -0.2) is 14.2 Å². The first kappa shape index (κ1) is 21.1. The topological polar surface area (TPSA) is 71.4 Å². The van der Waals surface area contributed by atoms with E-state index in [0.717, 1.165) is 0 Å². The predicted octanol–water partition coefficient (Wildman–Crippen LogP) is 3.95. The van der Waals surface area contributed by atoms with E-state index in [9.17, 15) is 14.3 Å². The summed E-state index contributed by atoms with van der Waals surface area (Å²) in [5.41, 5.74) is -1.06. The number of methoxy groups -OCH3 is 1. The molecule has 3 atom stereocenters. The number of ether oxygens (including phenoxy) is 2. The number of fused-ring (bicyclic) bond motifs is 1. The Labute approximate surface area is 169 Å². The van der Waals surface area contributed by atoms with Gasteiger partial charge in [0, 0.05) is 36.3 Å². The van der Waals surface area contributed by atoms with E-state index in [2.05, 4.69) is 0 Å². The Morgan fingerprint density at radius 1 is 1.46 bits per heavy atom. The second kappa shape index (κ2) is 8.00. The number of amidine groups is 1. The molecule has 0 radical (unpaired) electrons. The highest BCUT2D eigenvalue weighted by Crippen LogP contribution is 2.48. The quantitative estimate of drug-likeness (QED) is 0.817. The first-order chi connectivity index (χ1) is 13.2. The average molecular weight is 411 g/mol. The lowest BCUT2D eigenvalue weighted by Crippen LogP contribution is -2.54. The Kier molecular flexibility index (Phi) is 6.03. The molecule has 1 saturated heterocycles. The van der Waals surface area contributed by atoms with Crippen molar-refractivity contribution in [3.8, 4) is 0 Å². The number of halogens is 1. The fourth-order valence-corrected chi connectivity index (χ4v) is 5.36. The smallest absolute Gasteiger partial charge is 0.413 e. The molecule has 0 spiro atoms. The number of aliphatic imine (C=N–C) groups is 1. The standard InChI is InChI=1S/C20H27FN2O4S/c1-19(2,3)23(18(24)25)17-22-20(15-7-5-6-8-16(15)21)9-14(11-26-4)27-10-13(20)12-28-17/h5-8,13-14H,9-12H2,1-4H3,(H,24,25)/t13-,14+,20-/m0/s1. The Morgan fingerprint density at radius 3 is 2.79 bits per heavy atom. The summed E-state index contributed by atoms with van der Waals surface area (Å²) in [5, 5.41) is 10.2. The molecule has 1 N–H and O–H groups in total. The van der Waals surface area contributed by atoms with Crippen molar-refractivity contribution in [1.29, 1.82) is 0 Å². The van der Waals surface area contributed by atoms with E-state index >= 15 is 0 Å². The first-order valence-electron chi connectivity index (χ1n) is 9.30. The highest BCUT2D eigenvalue weighted by atomic mass is 32.2. The molecule has 2 aliphatic rings. The maximum atomic E-state index is 14.9. The third kappa shape index (κ3) is 3.90. The molecule has 3 rings (SSSR count). The highest BCUT2D eigenvalue weighted by molar-refractivity contribution is 8.13. The minimum atomic E-state index is -1.07. The van der Waals surface area contributed by atoms with E-state index in [1.54, 1.807) is 25.3 Å². The molecular formula is C20H27FN2O4S. The summed E-state index contributed by atoms with van der Waals surface area (Å²) in [4.78, 5) is 18.2. The van der Waals surface area contributed by atoms with Crippen molar-refractivity contribution in [3.05, 3.63) is 35.6 Å². The SMILES string of the molecule is COC[C@H]1C[C@]2(c3ccccc3F)N=C(N(C(=O)O)C(C)(C)C)SC[C@@H]2CO1. The van der Waals surface area contributed by atoms with Crippen LogP contribution in [-0.4, -0.2) is 59.0 Å². The third-order valence-electron chi connectivity index (χ3n) is 5.20. The Hall–Kier alpha value is -1.64. The van der Waals surface area contributed by atoms with Crippen LogP contribution in [0.1, 0.15) is 32.8 Å². The molecule has 8 heteroatoms. The van der Waals surface area contributed by atoms with Crippen LogP contribution in [0.3, 0.4) is 0 Å². The molecule has 0 aliphatic carbocycles. The van der Waals surface area contributed by atoms with E-state index in [-0.39, 0.29) is 17.8 Å². The molecule has 0 aromatic heterocycles. The van der Waals surface area contributed by atoms with Gasteiger partial charge in [-0.3, -0.25) is 4.90 Å². The minimum absolute atomic E-state index is 0.0538. The Morgan fingerprint density at radius 2 is 2.18 bits per heavy atom. The van der Waals surface area contributed by atoms with Crippen LogP contribution in [0.4, 0.5) is 9.18 Å². The van der Waals surface area contributed by atoms with Crippen LogP contribution >= 0.6 is 11.8 Å². The second-order valence-electron chi connectivity index (χ2n) is 8.21. The molecule has 28 heavy (non-hydrogen) atoms. The van der Waals surface area contributed by atoms with Gasteiger partial charge in [0.15, 0.2) is 5.17 Å². The molecule has 6 nitrogen and oxygen atoms in total. The zero-order valence-electron chi connectivity index (χ0n) is 16.6. The monoisotopic (exact) mass is 410 g/mol. The zero-order valence-corrected chi connectivity index (χ0v) is 17.5. The number of rotatable bonds is 3. The summed E-state index contributed by atoms with van der Waals surface area (Å²) >= 11 is 1.39. The van der Waals surface area contributed by atoms with Gasteiger partial charge in [-0.2, -0.15) is 0 Å². The van der Waals surface area contributed by atoms with Crippen LogP contribution < -0.4 is 0 Å². The summed E-state index contributed by atoms with van der Waals surface area (Å²) in [5.74, 6) is 0.215. The van der Waals surface area contributed by atoms with Gasteiger partial charge >= 0.3 is 6.09 Å². The van der Waals surface area contributed by atoms with E-state index < -0.39 is 17.2 Å². The fourth-order valence-electron chi connectivity index (χ4n) is 3.93. The van der Waals surface area contributed by atoms with Crippen molar-refractivity contribution in [2.24, 2.45) is 10.9 Å². The zero-order chi connectivity index (χ0) is 20.5. The molecule has 0 bridgehead atoms. The van der Waals surface area contributed by atoms with Crippen LogP contribution in [0.15, 0.2) is 29.3 Å². The van der Waals surface area contributed by atoms with Crippen LogP contribution in [0, 0.1) is 11.7 Å². The normalized spacial score (nSPS) is 27.7. The van der Waals surface area contributed by atoms with Crippen molar-refractivity contribution >= 4 is 23.0 Å². The summed E-state index contributed by atoms with van der Waals surface area (Å²) in [6.45, 7) is 6.27. The van der Waals surface area contributed by atoms with Crippen molar-refractivity contribution in [2.45, 2.75) is 44.4 Å². The number of thioether (sulfide) groups is 1. The summed E-state index contributed by atoms with van der Waals surface area (Å²) in [6.07, 6.45) is -0.864. The van der Waals surface area contributed by atoms with E-state index in [0.29, 0.717) is 36.1 Å². The first-order valence-corrected chi connectivity index (χ1v) is 10.3. The number of carbonyl (C=O) groups is 1. The van der Waals surface area contributed by atoms with Crippen LogP contribution in [0.5, 0.6) is 0 Å². The third-order valence-corrected chi connectivity index (χ3v) is 6.30. The summed E-state index contributed by atoms with van der Waals surface area (Å²) in [6, 6.07) is 6.62. The summed E-state index contributed by atoms with van der Waals surface area (Å²) < 4.78 is 26.1. The van der Waals surface area contributed by atoms with Crippen LogP contribution in [0.25, 0.3) is 0 Å². The van der Waals surface area contributed by atoms with Crippen molar-refractivity contribution in [2.75, 3.05) is 26.1 Å². The van der Waals surface area contributed by atoms with Crippen molar-refractivity contribution in [1.82, 2.24) is 4.90 Å². The lowest BCUT2D eigenvalue weighted by Gasteiger charge is -2.48. The largest absolute Gasteiger partial charge is 0.465 e. The molecule has 1 amide bonds. The Bertz CT molecular complexity index is 767. The molecular weight excluding hydrogens is 383 g/mol. The van der Waals surface area contributed by atoms with Gasteiger partial charge in [0.2, 0.25) is 0 Å². The average Bonchev–Trinajstić information content (AvgIpc) is 2.60. The Balaban J connectivity index is 2.15. The van der Waals surface area contributed by atoms with Gasteiger partial charge in [0.25, 0.3) is 0 Å². The molecule has 1 fully saturated rings. The second-order valence-corrected chi connectivity index (χ2v) is 9.20. The van der Waals surface area contributed by atoms with Crippen molar-refractivity contribution < 1.29 is 23.8 Å². The number of hydrogen-bond acceptors (Lipinski definition) is 5. The van der Waals surface area contributed by atoms with E-state index in [1.165, 1.54) is 22.7 Å². The molecule has 1 aromatic carbocycles. The summed E-state index contributed by atoms with van der Waals surface area (Å²) in [7, 11) is 1.60. The number of amides is 1. The molecule has 0 saturated carbocycles. The number of benzene rings is 1. The number of hydrogen-bond donors (Lipinski definition) is 1. The van der Waals surface area contributed by atoms with Gasteiger partial charge in [-0.05, 0) is 26.8 Å². The van der Waals surface area contributed by atoms with Gasteiger partial charge in [-0.15, -0.1) is 0 Å².